The lowest BCUT2D eigenvalue weighted by Gasteiger charge is -2.16. The normalized spacial score (nSPS) is 18.5. The van der Waals surface area contributed by atoms with E-state index in [1.54, 1.807) is 12.1 Å². The molecule has 0 aromatic heterocycles. The summed E-state index contributed by atoms with van der Waals surface area (Å²) in [7, 11) is 0. The van der Waals surface area contributed by atoms with E-state index in [0.717, 1.165) is 24.3 Å². The van der Waals surface area contributed by atoms with Crippen LogP contribution >= 0.6 is 11.6 Å². The Hall–Kier alpha value is -0.600. The molecule has 3 heteroatoms. The Morgan fingerprint density at radius 1 is 1.35 bits per heavy atom. The first-order valence-electron chi connectivity index (χ1n) is 6.34. The molecule has 1 aliphatic carbocycles. The lowest BCUT2D eigenvalue weighted by molar-refractivity contribution is 0.440. The molecule has 1 saturated carbocycles. The number of hydrogen-bond acceptors (Lipinski definition) is 1. The highest BCUT2D eigenvalue weighted by Crippen LogP contribution is 2.29. The highest BCUT2D eigenvalue weighted by atomic mass is 35.5. The van der Waals surface area contributed by atoms with Gasteiger partial charge in [-0.1, -0.05) is 43.4 Å². The van der Waals surface area contributed by atoms with Gasteiger partial charge >= 0.3 is 0 Å². The first kappa shape index (κ1) is 12.8. The average molecular weight is 256 g/mol. The van der Waals surface area contributed by atoms with Crippen LogP contribution in [0, 0.1) is 11.7 Å². The molecular formula is C14H19ClFN. The van der Waals surface area contributed by atoms with Crippen molar-refractivity contribution in [2.45, 2.75) is 44.6 Å². The minimum Gasteiger partial charge on any atom is -0.327 e. The van der Waals surface area contributed by atoms with Gasteiger partial charge in [0.2, 0.25) is 0 Å². The highest BCUT2D eigenvalue weighted by Gasteiger charge is 2.18. The van der Waals surface area contributed by atoms with Crippen molar-refractivity contribution in [3.8, 4) is 0 Å². The van der Waals surface area contributed by atoms with Crippen molar-refractivity contribution in [1.82, 2.24) is 0 Å². The number of rotatable bonds is 4. The van der Waals surface area contributed by atoms with Crippen molar-refractivity contribution < 1.29 is 4.39 Å². The predicted octanol–water partition coefficient (Wildman–Crippen LogP) is 3.93. The molecule has 1 aliphatic rings. The van der Waals surface area contributed by atoms with Gasteiger partial charge in [-0.05, 0) is 36.5 Å². The molecule has 1 aromatic rings. The fraction of sp³-hybridized carbons (Fsp3) is 0.571. The van der Waals surface area contributed by atoms with Gasteiger partial charge in [-0.25, -0.2) is 4.39 Å². The Balaban J connectivity index is 1.88. The molecule has 1 atom stereocenters. The van der Waals surface area contributed by atoms with Crippen LogP contribution in [0.1, 0.15) is 37.7 Å². The van der Waals surface area contributed by atoms with Gasteiger partial charge in [0.1, 0.15) is 5.82 Å². The number of nitrogens with two attached hydrogens (primary N) is 1. The maximum atomic E-state index is 13.0. The van der Waals surface area contributed by atoms with Crippen molar-refractivity contribution in [3.63, 3.8) is 0 Å². The van der Waals surface area contributed by atoms with Crippen LogP contribution in [-0.4, -0.2) is 6.04 Å². The second kappa shape index (κ2) is 5.83. The molecule has 1 nitrogen and oxygen atoms in total. The summed E-state index contributed by atoms with van der Waals surface area (Å²) in [5.41, 5.74) is 7.17. The van der Waals surface area contributed by atoms with Gasteiger partial charge in [-0.15, -0.1) is 0 Å². The molecule has 2 N–H and O–H groups in total. The van der Waals surface area contributed by atoms with Crippen LogP contribution in [0.25, 0.3) is 0 Å². The Labute approximate surface area is 107 Å². The van der Waals surface area contributed by atoms with Gasteiger partial charge in [0.05, 0.1) is 5.02 Å². The van der Waals surface area contributed by atoms with E-state index < -0.39 is 0 Å². The third-order valence-corrected chi connectivity index (χ3v) is 3.88. The van der Waals surface area contributed by atoms with E-state index in [0.29, 0.717) is 0 Å². The second-order valence-electron chi connectivity index (χ2n) is 5.10. The number of halogens is 2. The average Bonchev–Trinajstić information content (AvgIpc) is 2.76. The Morgan fingerprint density at radius 2 is 2.06 bits per heavy atom. The fourth-order valence-electron chi connectivity index (χ4n) is 2.73. The fourth-order valence-corrected chi connectivity index (χ4v) is 2.93. The van der Waals surface area contributed by atoms with E-state index >= 15 is 0 Å². The predicted molar refractivity (Wildman–Crippen MR) is 69.7 cm³/mol. The van der Waals surface area contributed by atoms with E-state index in [1.807, 2.05) is 0 Å². The van der Waals surface area contributed by atoms with Crippen LogP contribution in [0.4, 0.5) is 4.39 Å². The molecular weight excluding hydrogens is 237 g/mol. The van der Waals surface area contributed by atoms with Crippen LogP contribution in [0.5, 0.6) is 0 Å². The summed E-state index contributed by atoms with van der Waals surface area (Å²) in [6.45, 7) is 0. The quantitative estimate of drug-likeness (QED) is 0.867. The van der Waals surface area contributed by atoms with E-state index in [1.165, 1.54) is 31.7 Å². The van der Waals surface area contributed by atoms with Crippen LogP contribution in [-0.2, 0) is 6.42 Å². The molecule has 0 bridgehead atoms. The summed E-state index contributed by atoms with van der Waals surface area (Å²) in [5, 5.41) is 0.190. The smallest absolute Gasteiger partial charge is 0.141 e. The van der Waals surface area contributed by atoms with Crippen molar-refractivity contribution in [3.05, 3.63) is 34.6 Å². The summed E-state index contributed by atoms with van der Waals surface area (Å²) >= 11 is 5.75. The lowest BCUT2D eigenvalue weighted by Crippen LogP contribution is -2.25. The molecule has 0 amide bonds. The van der Waals surface area contributed by atoms with Crippen molar-refractivity contribution in [2.24, 2.45) is 11.7 Å². The maximum Gasteiger partial charge on any atom is 0.141 e. The van der Waals surface area contributed by atoms with Crippen molar-refractivity contribution in [1.29, 1.82) is 0 Å². The van der Waals surface area contributed by atoms with Gasteiger partial charge in [0.25, 0.3) is 0 Å². The Morgan fingerprint density at radius 3 is 2.71 bits per heavy atom. The Bertz CT molecular complexity index is 374. The van der Waals surface area contributed by atoms with Crippen LogP contribution in [0.15, 0.2) is 18.2 Å². The van der Waals surface area contributed by atoms with E-state index in [9.17, 15) is 4.39 Å². The van der Waals surface area contributed by atoms with Gasteiger partial charge in [0.15, 0.2) is 0 Å². The molecule has 94 valence electrons. The number of hydrogen-bond donors (Lipinski definition) is 1. The monoisotopic (exact) mass is 255 g/mol. The van der Waals surface area contributed by atoms with Crippen molar-refractivity contribution >= 4 is 11.6 Å². The maximum absolute atomic E-state index is 13.0. The first-order chi connectivity index (χ1) is 8.15. The molecule has 1 fully saturated rings. The molecule has 0 aliphatic heterocycles. The molecule has 1 aromatic carbocycles. The molecule has 17 heavy (non-hydrogen) atoms. The number of benzene rings is 1. The molecule has 1 unspecified atom stereocenters. The largest absolute Gasteiger partial charge is 0.327 e. The zero-order valence-corrected chi connectivity index (χ0v) is 10.7. The van der Waals surface area contributed by atoms with Crippen molar-refractivity contribution in [2.75, 3.05) is 0 Å². The molecule has 2 rings (SSSR count). The first-order valence-corrected chi connectivity index (χ1v) is 6.72. The van der Waals surface area contributed by atoms with Crippen LogP contribution in [0.2, 0.25) is 5.02 Å². The summed E-state index contributed by atoms with van der Waals surface area (Å²) in [5.74, 6) is 0.431. The molecule has 0 spiro atoms. The van der Waals surface area contributed by atoms with Gasteiger partial charge in [-0.3, -0.25) is 0 Å². The standard InChI is InChI=1S/C14H19ClFN/c15-13-9-11(5-6-14(13)16)8-12(17)7-10-3-1-2-4-10/h5-6,9-10,12H,1-4,7-8,17H2. The van der Waals surface area contributed by atoms with E-state index in [2.05, 4.69) is 0 Å². The molecule has 0 heterocycles. The third-order valence-electron chi connectivity index (χ3n) is 3.59. The molecule has 0 saturated heterocycles. The summed E-state index contributed by atoms with van der Waals surface area (Å²) in [6, 6.07) is 5.04. The lowest BCUT2D eigenvalue weighted by atomic mass is 9.94. The topological polar surface area (TPSA) is 26.0 Å². The third kappa shape index (κ3) is 3.68. The minimum atomic E-state index is -0.361. The Kier molecular flexibility index (Phi) is 4.41. The molecule has 0 radical (unpaired) electrons. The zero-order chi connectivity index (χ0) is 12.3. The van der Waals surface area contributed by atoms with E-state index in [4.69, 9.17) is 17.3 Å². The van der Waals surface area contributed by atoms with E-state index in [-0.39, 0.29) is 16.9 Å². The van der Waals surface area contributed by atoms with Crippen LogP contribution in [0.3, 0.4) is 0 Å². The summed E-state index contributed by atoms with van der Waals surface area (Å²) in [4.78, 5) is 0. The van der Waals surface area contributed by atoms with Gasteiger partial charge < -0.3 is 5.73 Å². The SMILES string of the molecule is NC(Cc1ccc(F)c(Cl)c1)CC1CCCC1. The second-order valence-corrected chi connectivity index (χ2v) is 5.51. The minimum absolute atomic E-state index is 0.166. The van der Waals surface area contributed by atoms with Gasteiger partial charge in [0, 0.05) is 6.04 Å². The summed E-state index contributed by atoms with van der Waals surface area (Å²) in [6.07, 6.45) is 7.20. The van der Waals surface area contributed by atoms with Crippen LogP contribution < -0.4 is 5.73 Å². The summed E-state index contributed by atoms with van der Waals surface area (Å²) < 4.78 is 13.0. The van der Waals surface area contributed by atoms with Gasteiger partial charge in [-0.2, -0.15) is 0 Å². The zero-order valence-electron chi connectivity index (χ0n) is 9.96. The highest BCUT2D eigenvalue weighted by molar-refractivity contribution is 6.30.